The maximum Gasteiger partial charge on any atom is 0.223 e. The molecule has 0 fully saturated rings. The highest BCUT2D eigenvalue weighted by Gasteiger charge is 2.08. The number of aryl methyl sites for hydroxylation is 1. The average molecular weight is 362 g/mol. The van der Waals surface area contributed by atoms with E-state index in [1.54, 1.807) is 24.3 Å². The van der Waals surface area contributed by atoms with Crippen molar-refractivity contribution in [1.29, 1.82) is 0 Å². The summed E-state index contributed by atoms with van der Waals surface area (Å²) in [5, 5.41) is 1.01. The summed E-state index contributed by atoms with van der Waals surface area (Å²) in [5.41, 5.74) is 0. The molecule has 0 unspecified atom stereocenters. The normalized spacial score (nSPS) is 10.5. The Morgan fingerprint density at radius 1 is 1.21 bits per heavy atom. The van der Waals surface area contributed by atoms with Gasteiger partial charge in [-0.1, -0.05) is 30.1 Å². The minimum absolute atomic E-state index is 0.444. The molecule has 100 valence electrons. The van der Waals surface area contributed by atoms with Gasteiger partial charge in [0, 0.05) is 17.5 Å². The van der Waals surface area contributed by atoms with Crippen LogP contribution < -0.4 is 4.74 Å². The monoisotopic (exact) mass is 360 g/mol. The smallest absolute Gasteiger partial charge is 0.223 e. The summed E-state index contributed by atoms with van der Waals surface area (Å²) in [5.74, 6) is 1.70. The average Bonchev–Trinajstić information content (AvgIpc) is 2.32. The number of ether oxygens (including phenoxy) is 1. The van der Waals surface area contributed by atoms with E-state index >= 15 is 0 Å². The zero-order chi connectivity index (χ0) is 13.8. The maximum atomic E-state index is 6.06. The van der Waals surface area contributed by atoms with E-state index in [-0.39, 0.29) is 0 Å². The molecule has 6 heteroatoms. The first-order valence-corrected chi connectivity index (χ1v) is 7.29. The van der Waals surface area contributed by atoms with Crippen molar-refractivity contribution in [3.05, 3.63) is 44.7 Å². The highest BCUT2D eigenvalue weighted by atomic mass is 79.9. The van der Waals surface area contributed by atoms with Gasteiger partial charge >= 0.3 is 0 Å². The molecule has 0 aliphatic carbocycles. The summed E-state index contributed by atoms with van der Waals surface area (Å²) in [4.78, 5) is 8.60. The third-order valence-electron chi connectivity index (χ3n) is 2.30. The van der Waals surface area contributed by atoms with Gasteiger partial charge in [-0.25, -0.2) is 4.98 Å². The van der Waals surface area contributed by atoms with Gasteiger partial charge in [-0.05, 0) is 40.5 Å². The van der Waals surface area contributed by atoms with Crippen molar-refractivity contribution in [3.8, 4) is 11.6 Å². The molecule has 0 aliphatic heterocycles. The lowest BCUT2D eigenvalue weighted by Crippen LogP contribution is -1.98. The Labute approximate surface area is 130 Å². The fraction of sp³-hybridized carbons (Fsp3) is 0.231. The second-order valence-electron chi connectivity index (χ2n) is 3.87. The van der Waals surface area contributed by atoms with E-state index in [9.17, 15) is 0 Å². The molecule has 0 amide bonds. The minimum Gasteiger partial charge on any atom is -0.437 e. The molecule has 0 saturated heterocycles. The zero-order valence-electron chi connectivity index (χ0n) is 10.2. The molecule has 0 aliphatic rings. The Bertz CT molecular complexity index is 593. The number of halogens is 3. The Hall–Kier alpha value is -0.840. The number of hydrogen-bond donors (Lipinski definition) is 0. The molecule has 2 aromatic rings. The van der Waals surface area contributed by atoms with Gasteiger partial charge in [0.15, 0.2) is 0 Å². The third kappa shape index (κ3) is 4.06. The van der Waals surface area contributed by atoms with Crippen LogP contribution in [0, 0.1) is 0 Å². The molecular formula is C13H11BrCl2N2O. The van der Waals surface area contributed by atoms with Crippen molar-refractivity contribution >= 4 is 39.1 Å². The predicted octanol–water partition coefficient (Wildman–Crippen LogP) is 5.29. The standard InChI is InChI=1S/C13H11BrCl2N2O/c1-2-3-12-17-11(14)7-13(18-12)19-10-5-4-8(15)6-9(10)16/h4-7H,2-3H2,1H3. The minimum atomic E-state index is 0.444. The van der Waals surface area contributed by atoms with Gasteiger partial charge in [0.1, 0.15) is 16.2 Å². The topological polar surface area (TPSA) is 35.0 Å². The van der Waals surface area contributed by atoms with Gasteiger partial charge < -0.3 is 4.74 Å². The van der Waals surface area contributed by atoms with Crippen LogP contribution in [0.4, 0.5) is 0 Å². The lowest BCUT2D eigenvalue weighted by atomic mass is 10.3. The highest BCUT2D eigenvalue weighted by Crippen LogP contribution is 2.31. The van der Waals surface area contributed by atoms with E-state index in [2.05, 4.69) is 32.8 Å². The highest BCUT2D eigenvalue weighted by molar-refractivity contribution is 9.10. The van der Waals surface area contributed by atoms with Gasteiger partial charge in [-0.15, -0.1) is 0 Å². The molecule has 1 aromatic carbocycles. The Kier molecular flexibility index (Phi) is 5.02. The van der Waals surface area contributed by atoms with Crippen molar-refractivity contribution in [2.45, 2.75) is 19.8 Å². The van der Waals surface area contributed by atoms with Crippen LogP contribution in [0.2, 0.25) is 10.0 Å². The molecule has 1 aromatic heterocycles. The fourth-order valence-corrected chi connectivity index (χ4v) is 2.35. The number of benzene rings is 1. The van der Waals surface area contributed by atoms with Crippen LogP contribution in [-0.4, -0.2) is 9.97 Å². The lowest BCUT2D eigenvalue weighted by Gasteiger charge is -2.08. The predicted molar refractivity (Wildman–Crippen MR) is 80.3 cm³/mol. The molecule has 3 nitrogen and oxygen atoms in total. The summed E-state index contributed by atoms with van der Waals surface area (Å²) >= 11 is 15.2. The molecule has 0 N–H and O–H groups in total. The van der Waals surface area contributed by atoms with E-state index in [0.717, 1.165) is 18.7 Å². The molecule has 0 atom stereocenters. The molecule has 2 rings (SSSR count). The van der Waals surface area contributed by atoms with Crippen LogP contribution >= 0.6 is 39.1 Å². The number of aromatic nitrogens is 2. The fourth-order valence-electron chi connectivity index (χ4n) is 1.50. The number of rotatable bonds is 4. The number of hydrogen-bond acceptors (Lipinski definition) is 3. The van der Waals surface area contributed by atoms with Gasteiger partial charge in [0.2, 0.25) is 5.88 Å². The lowest BCUT2D eigenvalue weighted by molar-refractivity contribution is 0.457. The van der Waals surface area contributed by atoms with Crippen molar-refractivity contribution in [2.75, 3.05) is 0 Å². The molecular weight excluding hydrogens is 351 g/mol. The Balaban J connectivity index is 2.27. The van der Waals surface area contributed by atoms with Crippen LogP contribution in [0.25, 0.3) is 0 Å². The second kappa shape index (κ2) is 6.55. The van der Waals surface area contributed by atoms with Crippen molar-refractivity contribution < 1.29 is 4.74 Å². The van der Waals surface area contributed by atoms with Crippen LogP contribution in [0.15, 0.2) is 28.9 Å². The van der Waals surface area contributed by atoms with Crippen molar-refractivity contribution in [1.82, 2.24) is 9.97 Å². The zero-order valence-corrected chi connectivity index (χ0v) is 13.3. The summed E-state index contributed by atoms with van der Waals surface area (Å²) in [6.45, 7) is 2.07. The molecule has 0 spiro atoms. The maximum absolute atomic E-state index is 6.06. The molecule has 1 heterocycles. The SMILES string of the molecule is CCCc1nc(Br)cc(Oc2ccc(Cl)cc2Cl)n1. The van der Waals surface area contributed by atoms with E-state index in [1.165, 1.54) is 0 Å². The quantitative estimate of drug-likeness (QED) is 0.694. The van der Waals surface area contributed by atoms with Crippen LogP contribution in [0.5, 0.6) is 11.6 Å². The van der Waals surface area contributed by atoms with Gasteiger partial charge in [0.05, 0.1) is 5.02 Å². The first-order chi connectivity index (χ1) is 9.08. The Morgan fingerprint density at radius 2 is 2.00 bits per heavy atom. The molecule has 0 radical (unpaired) electrons. The summed E-state index contributed by atoms with van der Waals surface area (Å²) < 4.78 is 6.35. The van der Waals surface area contributed by atoms with E-state index in [0.29, 0.717) is 26.3 Å². The molecule has 0 bridgehead atoms. The Morgan fingerprint density at radius 3 is 2.68 bits per heavy atom. The van der Waals surface area contributed by atoms with Gasteiger partial charge in [0.25, 0.3) is 0 Å². The van der Waals surface area contributed by atoms with Gasteiger partial charge in [-0.2, -0.15) is 4.98 Å². The third-order valence-corrected chi connectivity index (χ3v) is 3.24. The van der Waals surface area contributed by atoms with Crippen LogP contribution in [0.3, 0.4) is 0 Å². The largest absolute Gasteiger partial charge is 0.437 e. The van der Waals surface area contributed by atoms with Crippen molar-refractivity contribution in [3.63, 3.8) is 0 Å². The molecule has 19 heavy (non-hydrogen) atoms. The van der Waals surface area contributed by atoms with E-state index < -0.39 is 0 Å². The van der Waals surface area contributed by atoms with Crippen molar-refractivity contribution in [2.24, 2.45) is 0 Å². The van der Waals surface area contributed by atoms with Crippen LogP contribution in [0.1, 0.15) is 19.2 Å². The second-order valence-corrected chi connectivity index (χ2v) is 5.53. The summed E-state index contributed by atoms with van der Waals surface area (Å²) in [6, 6.07) is 6.75. The number of nitrogens with zero attached hydrogens (tertiary/aromatic N) is 2. The van der Waals surface area contributed by atoms with E-state index in [4.69, 9.17) is 27.9 Å². The molecule has 0 saturated carbocycles. The van der Waals surface area contributed by atoms with Crippen LogP contribution in [-0.2, 0) is 6.42 Å². The first kappa shape index (κ1) is 14.6. The first-order valence-electron chi connectivity index (χ1n) is 5.75. The summed E-state index contributed by atoms with van der Waals surface area (Å²) in [6.07, 6.45) is 1.77. The van der Waals surface area contributed by atoms with E-state index in [1.807, 2.05) is 0 Å². The van der Waals surface area contributed by atoms with Gasteiger partial charge in [-0.3, -0.25) is 0 Å². The summed E-state index contributed by atoms with van der Waals surface area (Å²) in [7, 11) is 0.